The van der Waals surface area contributed by atoms with Crippen molar-refractivity contribution in [3.8, 4) is 96.3 Å². The number of fused-ring (bicyclic) bond motifs is 3. The Morgan fingerprint density at radius 2 is 0.597 bits per heavy atom. The van der Waals surface area contributed by atoms with Gasteiger partial charge in [0.1, 0.15) is 39.2 Å². The third-order valence-electron chi connectivity index (χ3n) is 13.0. The molecule has 0 unspecified atom stereocenters. The van der Waals surface area contributed by atoms with Gasteiger partial charge in [0.2, 0.25) is 0 Å². The first-order valence-electron chi connectivity index (χ1n) is 23.3. The monoisotopic (exact) mass is 907 g/mol. The van der Waals surface area contributed by atoms with E-state index in [1.165, 1.54) is 0 Å². The van der Waals surface area contributed by atoms with Crippen molar-refractivity contribution in [1.29, 1.82) is 0 Å². The minimum atomic E-state index is 0.0859. The minimum Gasteiger partial charge on any atom is -0.308 e. The van der Waals surface area contributed by atoms with Crippen LogP contribution in [-0.4, -0.2) is 73.7 Å². The van der Waals surface area contributed by atoms with Crippen LogP contribution in [0.3, 0.4) is 0 Å². The number of nitrogens with zero attached hydrogens (tertiary/aromatic N) is 7. The Morgan fingerprint density at radius 3 is 1.01 bits per heavy atom. The summed E-state index contributed by atoms with van der Waals surface area (Å²) in [6.07, 6.45) is 0. The molecule has 0 N–H and O–H groups in total. The van der Waals surface area contributed by atoms with Gasteiger partial charge < -0.3 is 4.57 Å². The summed E-state index contributed by atoms with van der Waals surface area (Å²) in [5.41, 5.74) is 11.7. The van der Waals surface area contributed by atoms with Crippen molar-refractivity contribution in [2.45, 2.75) is 0 Å². The summed E-state index contributed by atoms with van der Waals surface area (Å²) >= 11 is 0. The van der Waals surface area contributed by atoms with Crippen LogP contribution in [0.2, 0.25) is 0 Å². The molecule has 12 heteroatoms. The fourth-order valence-electron chi connectivity index (χ4n) is 9.31. The molecular formula is C60H34B5N7. The van der Waals surface area contributed by atoms with Crippen molar-refractivity contribution < 1.29 is 0 Å². The van der Waals surface area contributed by atoms with Crippen LogP contribution in [0, 0.1) is 0 Å². The maximum Gasteiger partial charge on any atom is 0.166 e. The van der Waals surface area contributed by atoms with Gasteiger partial charge in [-0.1, -0.05) is 175 Å². The van der Waals surface area contributed by atoms with Crippen molar-refractivity contribution >= 4 is 88.4 Å². The largest absolute Gasteiger partial charge is 0.308 e. The Labute approximate surface area is 423 Å². The third kappa shape index (κ3) is 8.01. The maximum absolute atomic E-state index is 6.67. The highest BCUT2D eigenvalue weighted by Crippen LogP contribution is 2.41. The van der Waals surface area contributed by atoms with Gasteiger partial charge in [0.05, 0.1) is 16.7 Å². The van der Waals surface area contributed by atoms with E-state index in [4.69, 9.17) is 69.1 Å². The second-order valence-corrected chi connectivity index (χ2v) is 17.4. The van der Waals surface area contributed by atoms with Gasteiger partial charge in [0, 0.05) is 44.2 Å². The molecule has 72 heavy (non-hydrogen) atoms. The lowest BCUT2D eigenvalue weighted by Gasteiger charge is -2.21. The van der Waals surface area contributed by atoms with E-state index in [0.717, 1.165) is 66.4 Å². The molecule has 9 aromatic carbocycles. The zero-order chi connectivity index (χ0) is 48.9. The Kier molecular flexibility index (Phi) is 11.4. The number of rotatable bonds is 9. The highest BCUT2D eigenvalue weighted by Gasteiger charge is 2.24. The highest BCUT2D eigenvalue weighted by molar-refractivity contribution is 6.68. The molecule has 0 spiro atoms. The van der Waals surface area contributed by atoms with Crippen LogP contribution in [0.25, 0.3) is 118 Å². The fourth-order valence-corrected chi connectivity index (χ4v) is 9.31. The van der Waals surface area contributed by atoms with Gasteiger partial charge in [0.25, 0.3) is 0 Å². The summed E-state index contributed by atoms with van der Waals surface area (Å²) in [4.78, 5) is 30.7. The molecule has 324 valence electrons. The number of hydrogen-bond acceptors (Lipinski definition) is 6. The maximum atomic E-state index is 6.67. The van der Waals surface area contributed by atoms with Gasteiger partial charge in [-0.25, -0.2) is 29.9 Å². The van der Waals surface area contributed by atoms with Crippen molar-refractivity contribution in [2.24, 2.45) is 0 Å². The van der Waals surface area contributed by atoms with Crippen LogP contribution in [0.4, 0.5) is 0 Å². The SMILES string of the molecule is [B]c1c([B])c([B])c(-c2nc(-c3ccccc3)nc(-c3ccc(-n4c5ccc(-c6ccccc6)cc5c5cc(-c6ccccc6)ccc54)c(-c4nc(-c5ccccc5)nc(-c5ccccc5)n4)c3)n2)c([B])c1[B]. The zero-order valence-corrected chi connectivity index (χ0v) is 38.6. The minimum absolute atomic E-state index is 0.0859. The molecule has 3 aromatic heterocycles. The Hall–Kier alpha value is -8.88. The first-order chi connectivity index (χ1) is 35.3. The molecule has 0 atom stereocenters. The molecule has 3 heterocycles. The molecular weight excluding hydrogens is 873 g/mol. The summed E-state index contributed by atoms with van der Waals surface area (Å²) in [6, 6.07) is 69.7. The van der Waals surface area contributed by atoms with E-state index in [2.05, 4.69) is 95.6 Å². The topological polar surface area (TPSA) is 82.3 Å². The van der Waals surface area contributed by atoms with E-state index < -0.39 is 0 Å². The van der Waals surface area contributed by atoms with E-state index in [9.17, 15) is 0 Å². The van der Waals surface area contributed by atoms with Crippen LogP contribution in [-0.2, 0) is 0 Å². The van der Waals surface area contributed by atoms with Crippen molar-refractivity contribution in [3.05, 3.63) is 206 Å². The lowest BCUT2D eigenvalue weighted by atomic mass is 9.60. The zero-order valence-electron chi connectivity index (χ0n) is 38.6. The molecule has 0 aliphatic carbocycles. The number of aromatic nitrogens is 7. The molecule has 10 radical (unpaired) electrons. The van der Waals surface area contributed by atoms with E-state index in [1.54, 1.807) is 0 Å². The van der Waals surface area contributed by atoms with Gasteiger partial charge in [-0.05, 0) is 64.7 Å². The quantitative estimate of drug-likeness (QED) is 0.135. The van der Waals surface area contributed by atoms with Gasteiger partial charge in [-0.2, -0.15) is 0 Å². The number of benzene rings is 9. The second-order valence-electron chi connectivity index (χ2n) is 17.4. The molecule has 0 saturated heterocycles. The second kappa shape index (κ2) is 18.5. The fraction of sp³-hybridized carbons (Fsp3) is 0. The van der Waals surface area contributed by atoms with E-state index in [1.807, 2.05) is 115 Å². The van der Waals surface area contributed by atoms with Crippen LogP contribution in [0.5, 0.6) is 0 Å². The van der Waals surface area contributed by atoms with Gasteiger partial charge in [-0.3, -0.25) is 0 Å². The van der Waals surface area contributed by atoms with Crippen LogP contribution in [0.1, 0.15) is 0 Å². The Balaban J connectivity index is 1.16. The van der Waals surface area contributed by atoms with Crippen molar-refractivity contribution in [2.75, 3.05) is 0 Å². The Bertz CT molecular complexity index is 3840. The predicted molar refractivity (Wildman–Crippen MR) is 298 cm³/mol. The third-order valence-corrected chi connectivity index (χ3v) is 13.0. The summed E-state index contributed by atoms with van der Waals surface area (Å²) in [7, 11) is 32.4. The first kappa shape index (κ1) is 44.3. The summed E-state index contributed by atoms with van der Waals surface area (Å²) in [5.74, 6) is 2.32. The predicted octanol–water partition coefficient (Wildman–Crippen LogP) is 8.46. The first-order valence-corrected chi connectivity index (χ1v) is 23.3. The van der Waals surface area contributed by atoms with Gasteiger partial charge >= 0.3 is 0 Å². The smallest absolute Gasteiger partial charge is 0.166 e. The average Bonchev–Trinajstić information content (AvgIpc) is 3.77. The molecule has 0 fully saturated rings. The molecule has 7 nitrogen and oxygen atoms in total. The Morgan fingerprint density at radius 1 is 0.264 bits per heavy atom. The lowest BCUT2D eigenvalue weighted by molar-refractivity contribution is 1.06. The molecule has 0 aliphatic rings. The van der Waals surface area contributed by atoms with E-state index in [0.29, 0.717) is 40.2 Å². The molecule has 0 bridgehead atoms. The average molecular weight is 907 g/mol. The normalized spacial score (nSPS) is 11.3. The number of hydrogen-bond donors (Lipinski definition) is 0. The van der Waals surface area contributed by atoms with Crippen molar-refractivity contribution in [1.82, 2.24) is 34.5 Å². The van der Waals surface area contributed by atoms with E-state index >= 15 is 0 Å². The molecule has 0 aliphatic heterocycles. The molecule has 0 amide bonds. The standard InChI is InChI=1S/C60H34B5N7/c61-50-49(51(62)53(64)54(65)52(50)63)60-70-57(39-24-14-5-15-25-39)67-58(71-60)42-28-31-48(45(34-42)59-68-55(37-20-10-3-11-21-37)66-56(69-59)38-22-12-4-13-23-38)72-46-29-26-40(35-16-6-1-7-17-35)32-43(46)44-33-41(27-30-47(44)72)36-18-8-2-9-19-36/h1-34H. The summed E-state index contributed by atoms with van der Waals surface area (Å²) in [5, 5.41) is 2.16. The molecule has 12 aromatic rings. The van der Waals surface area contributed by atoms with Gasteiger partial charge in [0.15, 0.2) is 34.9 Å². The summed E-state index contributed by atoms with van der Waals surface area (Å²) < 4.78 is 2.29. The van der Waals surface area contributed by atoms with Crippen LogP contribution in [0.15, 0.2) is 206 Å². The van der Waals surface area contributed by atoms with Gasteiger partial charge in [-0.15, -0.1) is 16.4 Å². The van der Waals surface area contributed by atoms with Crippen LogP contribution >= 0.6 is 0 Å². The molecule has 0 saturated carbocycles. The lowest BCUT2D eigenvalue weighted by Crippen LogP contribution is -2.55. The summed E-state index contributed by atoms with van der Waals surface area (Å²) in [6.45, 7) is 0. The van der Waals surface area contributed by atoms with Crippen LogP contribution < -0.4 is 27.3 Å². The molecule has 12 rings (SSSR count). The highest BCUT2D eigenvalue weighted by atomic mass is 15.1. The van der Waals surface area contributed by atoms with E-state index in [-0.39, 0.29) is 38.7 Å². The van der Waals surface area contributed by atoms with Crippen molar-refractivity contribution in [3.63, 3.8) is 0 Å².